The summed E-state index contributed by atoms with van der Waals surface area (Å²) in [5.41, 5.74) is 1.56. The number of carbonyl (C=O) groups excluding carboxylic acids is 2. The number of rotatable bonds is 4. The number of amides is 1. The Morgan fingerprint density at radius 2 is 1.88 bits per heavy atom. The van der Waals surface area contributed by atoms with Gasteiger partial charge in [-0.05, 0) is 48.4 Å². The first-order chi connectivity index (χ1) is 15.3. The number of anilines is 1. The third kappa shape index (κ3) is 3.61. The Labute approximate surface area is 187 Å². The van der Waals surface area contributed by atoms with Crippen LogP contribution in [0.15, 0.2) is 72.6 Å². The van der Waals surface area contributed by atoms with Gasteiger partial charge in [-0.1, -0.05) is 23.7 Å². The SMILES string of the molecule is Cc1ccc(N2C(=O)C(=O)/C(=C(/O)c3ccc([N+](=O)[O-])cc3)C2c2cccnc2)cc1Cl. The van der Waals surface area contributed by atoms with Crippen molar-refractivity contribution in [3.05, 3.63) is 104 Å². The number of non-ortho nitro benzene ring substituents is 1. The molecule has 4 rings (SSSR count). The van der Waals surface area contributed by atoms with Gasteiger partial charge in [-0.2, -0.15) is 0 Å². The molecule has 0 bridgehead atoms. The maximum Gasteiger partial charge on any atom is 0.300 e. The Kier molecular flexibility index (Phi) is 5.46. The predicted octanol–water partition coefficient (Wildman–Crippen LogP) is 4.58. The third-order valence-electron chi connectivity index (χ3n) is 5.23. The molecule has 1 aliphatic rings. The van der Waals surface area contributed by atoms with Crippen LogP contribution >= 0.6 is 11.6 Å². The lowest BCUT2D eigenvalue weighted by Gasteiger charge is -2.25. The molecule has 0 spiro atoms. The van der Waals surface area contributed by atoms with Crippen molar-refractivity contribution in [2.45, 2.75) is 13.0 Å². The second-order valence-corrected chi connectivity index (χ2v) is 7.60. The number of nitrogens with zero attached hydrogens (tertiary/aromatic N) is 3. The van der Waals surface area contributed by atoms with E-state index in [1.54, 1.807) is 36.5 Å². The fraction of sp³-hybridized carbons (Fsp3) is 0.0870. The average Bonchev–Trinajstić information content (AvgIpc) is 3.06. The molecule has 2 heterocycles. The van der Waals surface area contributed by atoms with Crippen LogP contribution in [0, 0.1) is 17.0 Å². The molecule has 1 amide bonds. The normalized spacial score (nSPS) is 17.6. The molecule has 1 fully saturated rings. The lowest BCUT2D eigenvalue weighted by atomic mass is 9.96. The number of nitro groups is 1. The van der Waals surface area contributed by atoms with Crippen LogP contribution in [0.5, 0.6) is 0 Å². The summed E-state index contributed by atoms with van der Waals surface area (Å²) < 4.78 is 0. The van der Waals surface area contributed by atoms with E-state index in [1.165, 1.54) is 35.4 Å². The van der Waals surface area contributed by atoms with Gasteiger partial charge in [0.05, 0.1) is 16.5 Å². The van der Waals surface area contributed by atoms with Crippen LogP contribution < -0.4 is 4.90 Å². The fourth-order valence-corrected chi connectivity index (χ4v) is 3.75. The molecule has 0 radical (unpaired) electrons. The quantitative estimate of drug-likeness (QED) is 0.205. The maximum atomic E-state index is 13.1. The molecule has 2 aromatic carbocycles. The van der Waals surface area contributed by atoms with Gasteiger partial charge in [0, 0.05) is 40.8 Å². The summed E-state index contributed by atoms with van der Waals surface area (Å²) in [5, 5.41) is 22.3. The van der Waals surface area contributed by atoms with E-state index in [0.29, 0.717) is 16.3 Å². The van der Waals surface area contributed by atoms with Crippen LogP contribution in [0.1, 0.15) is 22.7 Å². The van der Waals surface area contributed by atoms with Crippen LogP contribution in [-0.2, 0) is 9.59 Å². The van der Waals surface area contributed by atoms with Crippen LogP contribution in [0.3, 0.4) is 0 Å². The maximum absolute atomic E-state index is 13.1. The van der Waals surface area contributed by atoms with Gasteiger partial charge in [-0.15, -0.1) is 0 Å². The number of aromatic nitrogens is 1. The number of hydrogen-bond donors (Lipinski definition) is 1. The Balaban J connectivity index is 1.91. The van der Waals surface area contributed by atoms with E-state index >= 15 is 0 Å². The van der Waals surface area contributed by atoms with E-state index in [1.807, 2.05) is 6.92 Å². The largest absolute Gasteiger partial charge is 0.507 e. The topological polar surface area (TPSA) is 114 Å². The van der Waals surface area contributed by atoms with Gasteiger partial charge in [-0.3, -0.25) is 29.6 Å². The Bertz CT molecular complexity index is 1270. The third-order valence-corrected chi connectivity index (χ3v) is 5.64. The molecule has 1 unspecified atom stereocenters. The van der Waals surface area contributed by atoms with Crippen LogP contribution in [0.2, 0.25) is 5.02 Å². The molecule has 0 saturated carbocycles. The van der Waals surface area contributed by atoms with Crippen molar-refractivity contribution in [2.75, 3.05) is 4.90 Å². The van der Waals surface area contributed by atoms with E-state index in [9.17, 15) is 24.8 Å². The molecule has 1 N–H and O–H groups in total. The van der Waals surface area contributed by atoms with Gasteiger partial charge in [-0.25, -0.2) is 0 Å². The Hall–Kier alpha value is -4.04. The first-order valence-electron chi connectivity index (χ1n) is 9.51. The summed E-state index contributed by atoms with van der Waals surface area (Å²) in [5.74, 6) is -2.15. The second kappa shape index (κ2) is 8.24. The van der Waals surface area contributed by atoms with Crippen LogP contribution in [-0.4, -0.2) is 26.7 Å². The summed E-state index contributed by atoms with van der Waals surface area (Å²) >= 11 is 6.25. The predicted molar refractivity (Wildman–Crippen MR) is 118 cm³/mol. The van der Waals surface area contributed by atoms with Crippen molar-refractivity contribution >= 4 is 40.4 Å². The molecular formula is C23H16ClN3O5. The van der Waals surface area contributed by atoms with Crippen molar-refractivity contribution in [1.29, 1.82) is 0 Å². The molecule has 1 atom stereocenters. The minimum Gasteiger partial charge on any atom is -0.507 e. The van der Waals surface area contributed by atoms with Gasteiger partial charge in [0.2, 0.25) is 0 Å². The highest BCUT2D eigenvalue weighted by Gasteiger charge is 2.47. The van der Waals surface area contributed by atoms with Crippen molar-refractivity contribution in [3.63, 3.8) is 0 Å². The summed E-state index contributed by atoms with van der Waals surface area (Å²) in [6.45, 7) is 1.81. The molecule has 1 saturated heterocycles. The van der Waals surface area contributed by atoms with E-state index in [2.05, 4.69) is 4.98 Å². The molecule has 160 valence electrons. The average molecular weight is 450 g/mol. The van der Waals surface area contributed by atoms with Crippen molar-refractivity contribution in [3.8, 4) is 0 Å². The minimum atomic E-state index is -0.960. The highest BCUT2D eigenvalue weighted by molar-refractivity contribution is 6.51. The summed E-state index contributed by atoms with van der Waals surface area (Å²) in [6, 6.07) is 12.4. The zero-order chi connectivity index (χ0) is 23.0. The fourth-order valence-electron chi connectivity index (χ4n) is 3.58. The minimum absolute atomic E-state index is 0.145. The summed E-state index contributed by atoms with van der Waals surface area (Å²) in [7, 11) is 0. The first kappa shape index (κ1) is 21.2. The number of carbonyl (C=O) groups is 2. The number of aliphatic hydroxyl groups is 1. The lowest BCUT2D eigenvalue weighted by Crippen LogP contribution is -2.29. The monoisotopic (exact) mass is 449 g/mol. The first-order valence-corrected chi connectivity index (χ1v) is 9.89. The zero-order valence-corrected chi connectivity index (χ0v) is 17.5. The van der Waals surface area contributed by atoms with Gasteiger partial charge >= 0.3 is 0 Å². The van der Waals surface area contributed by atoms with E-state index in [4.69, 9.17) is 11.6 Å². The van der Waals surface area contributed by atoms with E-state index in [-0.39, 0.29) is 16.8 Å². The number of benzene rings is 2. The smallest absolute Gasteiger partial charge is 0.300 e. The summed E-state index contributed by atoms with van der Waals surface area (Å²) in [6.07, 6.45) is 3.05. The van der Waals surface area contributed by atoms with Crippen LogP contribution in [0.4, 0.5) is 11.4 Å². The molecule has 32 heavy (non-hydrogen) atoms. The number of pyridine rings is 1. The van der Waals surface area contributed by atoms with Crippen molar-refractivity contribution in [1.82, 2.24) is 4.98 Å². The molecule has 0 aliphatic carbocycles. The molecular weight excluding hydrogens is 434 g/mol. The number of Topliss-reactive ketones (excluding diaryl/α,β-unsaturated/α-hetero) is 1. The number of nitro benzene ring substituents is 1. The van der Waals surface area contributed by atoms with Crippen LogP contribution in [0.25, 0.3) is 5.76 Å². The lowest BCUT2D eigenvalue weighted by molar-refractivity contribution is -0.384. The van der Waals surface area contributed by atoms with Gasteiger partial charge < -0.3 is 5.11 Å². The Morgan fingerprint density at radius 3 is 2.47 bits per heavy atom. The Morgan fingerprint density at radius 1 is 1.16 bits per heavy atom. The number of halogens is 1. The van der Waals surface area contributed by atoms with Crippen molar-refractivity contribution in [2.24, 2.45) is 0 Å². The summed E-state index contributed by atoms with van der Waals surface area (Å²) in [4.78, 5) is 41.8. The molecule has 1 aromatic heterocycles. The standard InChI is InChI=1S/C23H16ClN3O5/c1-13-4-7-17(11-18(13)24)26-20(15-3-2-10-25-12-15)19(22(29)23(26)30)21(28)14-5-8-16(9-6-14)27(31)32/h2-12,20,28H,1H3/b21-19+. The second-order valence-electron chi connectivity index (χ2n) is 7.19. The van der Waals surface area contributed by atoms with E-state index in [0.717, 1.165) is 5.56 Å². The highest BCUT2D eigenvalue weighted by atomic mass is 35.5. The van der Waals surface area contributed by atoms with Crippen molar-refractivity contribution < 1.29 is 19.6 Å². The van der Waals surface area contributed by atoms with E-state index < -0.39 is 28.4 Å². The molecule has 8 nitrogen and oxygen atoms in total. The zero-order valence-electron chi connectivity index (χ0n) is 16.7. The molecule has 3 aromatic rings. The molecule has 1 aliphatic heterocycles. The van der Waals surface area contributed by atoms with Gasteiger partial charge in [0.1, 0.15) is 5.76 Å². The number of ketones is 1. The highest BCUT2D eigenvalue weighted by Crippen LogP contribution is 2.42. The number of aryl methyl sites for hydroxylation is 1. The van der Waals surface area contributed by atoms with Gasteiger partial charge in [0.25, 0.3) is 17.4 Å². The van der Waals surface area contributed by atoms with Gasteiger partial charge in [0.15, 0.2) is 0 Å². The number of hydrogen-bond acceptors (Lipinski definition) is 6. The molecule has 9 heteroatoms. The number of aliphatic hydroxyl groups excluding tert-OH is 1.